The van der Waals surface area contributed by atoms with Gasteiger partial charge in [0, 0.05) is 31.8 Å². The van der Waals surface area contributed by atoms with E-state index in [1.165, 1.54) is 5.56 Å². The minimum absolute atomic E-state index is 0.00512. The van der Waals surface area contributed by atoms with Crippen LogP contribution in [0.4, 0.5) is 5.95 Å². The summed E-state index contributed by atoms with van der Waals surface area (Å²) >= 11 is 12.6. The zero-order chi connectivity index (χ0) is 22.9. The number of carbonyl (C=O) groups excluding carboxylic acids is 1. The number of halogens is 2. The summed E-state index contributed by atoms with van der Waals surface area (Å²) in [6, 6.07) is 7.87. The first-order chi connectivity index (χ1) is 16.0. The number of aromatic nitrogens is 3. The maximum absolute atomic E-state index is 12.7. The Hall–Kier alpha value is -2.35. The van der Waals surface area contributed by atoms with Crippen molar-refractivity contribution < 1.29 is 9.53 Å². The summed E-state index contributed by atoms with van der Waals surface area (Å²) in [5, 5.41) is 4.10. The van der Waals surface area contributed by atoms with E-state index in [0.29, 0.717) is 16.7 Å². The molecule has 2 fully saturated rings. The summed E-state index contributed by atoms with van der Waals surface area (Å²) in [5.74, 6) is 1.71. The molecule has 33 heavy (non-hydrogen) atoms. The van der Waals surface area contributed by atoms with E-state index in [1.807, 2.05) is 22.9 Å². The highest BCUT2D eigenvalue weighted by Crippen LogP contribution is 2.34. The summed E-state index contributed by atoms with van der Waals surface area (Å²) in [7, 11) is 0. The van der Waals surface area contributed by atoms with E-state index < -0.39 is 0 Å². The number of hydrogen-bond donors (Lipinski definition) is 1. The number of aryl methyl sites for hydroxylation is 1. The highest BCUT2D eigenvalue weighted by molar-refractivity contribution is 6.42. The Kier molecular flexibility index (Phi) is 6.45. The topological polar surface area (TPSA) is 72.3 Å². The Labute approximate surface area is 203 Å². The van der Waals surface area contributed by atoms with Crippen molar-refractivity contribution in [2.24, 2.45) is 5.92 Å². The largest absolute Gasteiger partial charge is 0.379 e. The second-order valence-corrected chi connectivity index (χ2v) is 9.53. The van der Waals surface area contributed by atoms with E-state index >= 15 is 0 Å². The second-order valence-electron chi connectivity index (χ2n) is 8.71. The third kappa shape index (κ3) is 4.54. The summed E-state index contributed by atoms with van der Waals surface area (Å²) in [4.78, 5) is 24.5. The molecule has 5 rings (SSSR count). The van der Waals surface area contributed by atoms with Crippen molar-refractivity contribution in [3.05, 3.63) is 46.1 Å². The zero-order valence-electron chi connectivity index (χ0n) is 18.6. The molecule has 1 atom stereocenters. The fourth-order valence-electron chi connectivity index (χ4n) is 4.57. The Morgan fingerprint density at radius 3 is 2.64 bits per heavy atom. The molecule has 7 nitrogen and oxygen atoms in total. The fourth-order valence-corrected chi connectivity index (χ4v) is 4.88. The normalized spacial score (nSPS) is 19.4. The zero-order valence-corrected chi connectivity index (χ0v) is 20.1. The summed E-state index contributed by atoms with van der Waals surface area (Å²) < 4.78 is 7.41. The van der Waals surface area contributed by atoms with Gasteiger partial charge in [0.1, 0.15) is 5.82 Å². The number of anilines is 1. The lowest BCUT2D eigenvalue weighted by Gasteiger charge is -2.32. The number of hydrogen-bond acceptors (Lipinski definition) is 5. The molecule has 2 aliphatic heterocycles. The number of carbonyl (C=O) groups is 1. The molecule has 3 aromatic rings. The number of fused-ring (bicyclic) bond motifs is 1. The molecule has 0 radical (unpaired) electrons. The van der Waals surface area contributed by atoms with E-state index in [-0.39, 0.29) is 17.9 Å². The van der Waals surface area contributed by atoms with Crippen molar-refractivity contribution in [1.29, 1.82) is 0 Å². The third-order valence-corrected chi connectivity index (χ3v) is 7.27. The van der Waals surface area contributed by atoms with E-state index in [9.17, 15) is 4.79 Å². The fraction of sp³-hybridized carbons (Fsp3) is 0.458. The van der Waals surface area contributed by atoms with Crippen molar-refractivity contribution in [3.8, 4) is 5.82 Å². The highest BCUT2D eigenvalue weighted by atomic mass is 35.5. The van der Waals surface area contributed by atoms with Gasteiger partial charge in [0.25, 0.3) is 0 Å². The molecule has 1 aromatic carbocycles. The number of benzene rings is 1. The van der Waals surface area contributed by atoms with Gasteiger partial charge in [-0.25, -0.2) is 9.97 Å². The first-order valence-corrected chi connectivity index (χ1v) is 12.2. The van der Waals surface area contributed by atoms with E-state index in [1.54, 1.807) is 6.07 Å². The molecule has 0 bridgehead atoms. The Bertz CT molecular complexity index is 1150. The van der Waals surface area contributed by atoms with Gasteiger partial charge in [-0.1, -0.05) is 36.2 Å². The maximum Gasteiger partial charge on any atom is 0.223 e. The quantitative estimate of drug-likeness (QED) is 0.576. The smallest absolute Gasteiger partial charge is 0.223 e. The predicted molar refractivity (Wildman–Crippen MR) is 131 cm³/mol. The van der Waals surface area contributed by atoms with Crippen LogP contribution in [0, 0.1) is 5.92 Å². The van der Waals surface area contributed by atoms with Crippen LogP contribution in [0.3, 0.4) is 0 Å². The number of nitrogens with one attached hydrogen (secondary N) is 1. The van der Waals surface area contributed by atoms with Crippen LogP contribution in [0.2, 0.25) is 10.0 Å². The molecule has 2 saturated heterocycles. The predicted octanol–water partition coefficient (Wildman–Crippen LogP) is 4.41. The summed E-state index contributed by atoms with van der Waals surface area (Å²) in [6.45, 7) is 4.91. The van der Waals surface area contributed by atoms with Gasteiger partial charge in [-0.15, -0.1) is 0 Å². The molecular weight excluding hydrogens is 461 g/mol. The minimum Gasteiger partial charge on any atom is -0.379 e. The van der Waals surface area contributed by atoms with Gasteiger partial charge < -0.3 is 15.0 Å². The maximum atomic E-state index is 12.7. The second kappa shape index (κ2) is 9.49. The average molecular weight is 488 g/mol. The van der Waals surface area contributed by atoms with Gasteiger partial charge >= 0.3 is 0 Å². The van der Waals surface area contributed by atoms with Crippen molar-refractivity contribution >= 4 is 46.1 Å². The third-order valence-electron chi connectivity index (χ3n) is 6.55. The number of rotatable bonds is 5. The molecular formula is C24H27Cl2N5O2. The summed E-state index contributed by atoms with van der Waals surface area (Å²) in [6.07, 6.45) is 5.25. The van der Waals surface area contributed by atoms with Gasteiger partial charge in [-0.05, 0) is 49.4 Å². The monoisotopic (exact) mass is 487 g/mol. The van der Waals surface area contributed by atoms with Crippen LogP contribution in [0.1, 0.15) is 31.7 Å². The van der Waals surface area contributed by atoms with Crippen LogP contribution >= 0.6 is 23.2 Å². The van der Waals surface area contributed by atoms with Crippen LogP contribution in [-0.2, 0) is 16.0 Å². The van der Waals surface area contributed by atoms with Gasteiger partial charge in [0.05, 0.1) is 33.7 Å². The molecule has 0 aliphatic carbocycles. The number of amides is 1. The van der Waals surface area contributed by atoms with Crippen LogP contribution in [-0.4, -0.2) is 52.8 Å². The van der Waals surface area contributed by atoms with Gasteiger partial charge in [-0.2, -0.15) is 0 Å². The first kappa shape index (κ1) is 22.4. The van der Waals surface area contributed by atoms with E-state index in [4.69, 9.17) is 37.9 Å². The lowest BCUT2D eigenvalue weighted by molar-refractivity contribution is -0.126. The molecule has 2 aliphatic rings. The van der Waals surface area contributed by atoms with Gasteiger partial charge in [0.2, 0.25) is 11.9 Å². The highest BCUT2D eigenvalue weighted by Gasteiger charge is 2.30. The van der Waals surface area contributed by atoms with Gasteiger partial charge in [0.15, 0.2) is 0 Å². The molecule has 2 aromatic heterocycles. The van der Waals surface area contributed by atoms with E-state index in [2.05, 4.69) is 23.2 Å². The molecule has 174 valence electrons. The first-order valence-electron chi connectivity index (χ1n) is 11.5. The molecule has 4 heterocycles. The molecule has 9 heteroatoms. The molecule has 1 amide bonds. The Morgan fingerprint density at radius 1 is 1.18 bits per heavy atom. The Balaban J connectivity index is 1.42. The molecule has 0 spiro atoms. The number of piperidine rings is 1. The number of ether oxygens (including phenoxy) is 1. The lowest BCUT2D eigenvalue weighted by atomic mass is 9.95. The number of pyridine rings is 1. The number of nitrogens with zero attached hydrogens (tertiary/aromatic N) is 4. The molecule has 0 saturated carbocycles. The number of imidazole rings is 1. The van der Waals surface area contributed by atoms with Crippen molar-refractivity contribution in [2.45, 2.75) is 38.6 Å². The van der Waals surface area contributed by atoms with Crippen molar-refractivity contribution in [1.82, 2.24) is 19.9 Å². The Morgan fingerprint density at radius 2 is 1.97 bits per heavy atom. The van der Waals surface area contributed by atoms with Gasteiger partial charge in [-0.3, -0.25) is 9.36 Å². The van der Waals surface area contributed by atoms with Crippen LogP contribution in [0.25, 0.3) is 16.9 Å². The minimum atomic E-state index is 0.00512. The van der Waals surface area contributed by atoms with Crippen LogP contribution in [0.5, 0.6) is 0 Å². The summed E-state index contributed by atoms with van der Waals surface area (Å²) in [5.41, 5.74) is 2.80. The lowest BCUT2D eigenvalue weighted by Crippen LogP contribution is -2.44. The molecule has 1 unspecified atom stereocenters. The van der Waals surface area contributed by atoms with Crippen LogP contribution < -0.4 is 10.2 Å². The SMILES string of the molecule is CCc1ccc(-n2c(N3CCC(C(=O)NC4CCOC4)CC3)nc3cc(Cl)c(Cl)cc32)nc1. The van der Waals surface area contributed by atoms with Crippen molar-refractivity contribution in [2.75, 3.05) is 31.2 Å². The van der Waals surface area contributed by atoms with Crippen LogP contribution in [0.15, 0.2) is 30.5 Å². The average Bonchev–Trinajstić information content (AvgIpc) is 3.47. The standard InChI is InChI=1S/C24H27Cl2N5O2/c1-2-15-3-4-22(27-13-15)31-21-12-19(26)18(25)11-20(21)29-24(31)30-8-5-16(6-9-30)23(32)28-17-7-10-33-14-17/h3-4,11-13,16-17H,2,5-10,14H2,1H3,(H,28,32). The molecule has 1 N–H and O–H groups in total. The van der Waals surface area contributed by atoms with Crippen molar-refractivity contribution in [3.63, 3.8) is 0 Å². The van der Waals surface area contributed by atoms with E-state index in [0.717, 1.165) is 68.2 Å².